The zero-order valence-corrected chi connectivity index (χ0v) is 13.5. The Kier molecular flexibility index (Phi) is 4.44. The molecule has 1 aromatic rings. The molecule has 1 saturated carbocycles. The summed E-state index contributed by atoms with van der Waals surface area (Å²) in [5, 5.41) is 2.71. The first-order valence-corrected chi connectivity index (χ1v) is 7.46. The van der Waals surface area contributed by atoms with Crippen LogP contribution in [0.25, 0.3) is 0 Å². The van der Waals surface area contributed by atoms with Crippen LogP contribution in [-0.4, -0.2) is 44.7 Å². The van der Waals surface area contributed by atoms with Crippen molar-refractivity contribution in [3.05, 3.63) is 22.1 Å². The van der Waals surface area contributed by atoms with Crippen LogP contribution in [0, 0.1) is 0 Å². The molecular formula is C15H23N3O4. The van der Waals surface area contributed by atoms with Gasteiger partial charge in [0.1, 0.15) is 17.8 Å². The SMILES string of the molecule is Cn1[nH]c(C(=O)N(CC(=O)OC(C)(C)C)C2CCC2)cc1=O. The Balaban J connectivity index is 2.14. The summed E-state index contributed by atoms with van der Waals surface area (Å²) in [6.45, 7) is 5.26. The van der Waals surface area contributed by atoms with Crippen molar-refractivity contribution in [1.82, 2.24) is 14.7 Å². The van der Waals surface area contributed by atoms with Crippen LogP contribution in [0.1, 0.15) is 50.5 Å². The molecule has 1 aliphatic carbocycles. The molecule has 1 aromatic heterocycles. The molecule has 0 spiro atoms. The highest BCUT2D eigenvalue weighted by Crippen LogP contribution is 2.26. The molecule has 0 atom stereocenters. The molecule has 7 nitrogen and oxygen atoms in total. The standard InChI is InChI=1S/C15H23N3O4/c1-15(2,3)22-13(20)9-18(10-6-5-7-10)14(21)11-8-12(19)17(4)16-11/h8,10,16H,5-7,9H2,1-4H3. The number of rotatable bonds is 4. The van der Waals surface area contributed by atoms with E-state index in [4.69, 9.17) is 4.74 Å². The van der Waals surface area contributed by atoms with E-state index in [-0.39, 0.29) is 29.7 Å². The number of hydrogen-bond acceptors (Lipinski definition) is 4. The Bertz CT molecular complexity index is 619. The Hall–Kier alpha value is -2.05. The second-order valence-corrected chi connectivity index (χ2v) is 6.67. The molecule has 1 aliphatic rings. The van der Waals surface area contributed by atoms with E-state index in [2.05, 4.69) is 5.10 Å². The van der Waals surface area contributed by atoms with Crippen LogP contribution in [0.2, 0.25) is 0 Å². The van der Waals surface area contributed by atoms with Crippen LogP contribution in [0.4, 0.5) is 0 Å². The number of hydrogen-bond donors (Lipinski definition) is 1. The zero-order chi connectivity index (χ0) is 16.5. The van der Waals surface area contributed by atoms with E-state index in [1.807, 2.05) is 0 Å². The summed E-state index contributed by atoms with van der Waals surface area (Å²) < 4.78 is 6.53. The number of aromatic nitrogens is 2. The van der Waals surface area contributed by atoms with Crippen molar-refractivity contribution in [2.24, 2.45) is 7.05 Å². The normalized spacial score (nSPS) is 15.3. The maximum Gasteiger partial charge on any atom is 0.326 e. The number of carbonyl (C=O) groups excluding carboxylic acids is 2. The van der Waals surface area contributed by atoms with Gasteiger partial charge in [0.25, 0.3) is 11.5 Å². The summed E-state index contributed by atoms with van der Waals surface area (Å²) in [6, 6.07) is 1.28. The minimum atomic E-state index is -0.591. The van der Waals surface area contributed by atoms with Crippen molar-refractivity contribution in [3.63, 3.8) is 0 Å². The third-order valence-corrected chi connectivity index (χ3v) is 3.61. The third kappa shape index (κ3) is 3.78. The topological polar surface area (TPSA) is 84.4 Å². The van der Waals surface area contributed by atoms with E-state index in [0.717, 1.165) is 19.3 Å². The minimum absolute atomic E-state index is 0.0312. The lowest BCUT2D eigenvalue weighted by Crippen LogP contribution is -2.48. The molecule has 122 valence electrons. The van der Waals surface area contributed by atoms with Gasteiger partial charge in [-0.2, -0.15) is 0 Å². The minimum Gasteiger partial charge on any atom is -0.459 e. The van der Waals surface area contributed by atoms with Crippen LogP contribution in [-0.2, 0) is 16.6 Å². The highest BCUT2D eigenvalue weighted by molar-refractivity contribution is 5.94. The van der Waals surface area contributed by atoms with Gasteiger partial charge in [-0.15, -0.1) is 0 Å². The fourth-order valence-corrected chi connectivity index (χ4v) is 2.33. The van der Waals surface area contributed by atoms with Crippen LogP contribution >= 0.6 is 0 Å². The number of nitrogens with one attached hydrogen (secondary N) is 1. The lowest BCUT2D eigenvalue weighted by molar-refractivity contribution is -0.156. The fourth-order valence-electron chi connectivity index (χ4n) is 2.33. The number of nitrogens with zero attached hydrogens (tertiary/aromatic N) is 2. The smallest absolute Gasteiger partial charge is 0.326 e. The molecular weight excluding hydrogens is 286 g/mol. The highest BCUT2D eigenvalue weighted by atomic mass is 16.6. The van der Waals surface area contributed by atoms with Gasteiger partial charge in [-0.1, -0.05) is 0 Å². The first-order valence-electron chi connectivity index (χ1n) is 7.46. The second-order valence-electron chi connectivity index (χ2n) is 6.67. The van der Waals surface area contributed by atoms with Crippen LogP contribution in [0.5, 0.6) is 0 Å². The van der Waals surface area contributed by atoms with Gasteiger partial charge in [-0.25, -0.2) is 0 Å². The van der Waals surface area contributed by atoms with Gasteiger partial charge in [0.05, 0.1) is 0 Å². The van der Waals surface area contributed by atoms with Crippen molar-refractivity contribution >= 4 is 11.9 Å². The molecule has 0 saturated heterocycles. The van der Waals surface area contributed by atoms with E-state index < -0.39 is 11.6 Å². The average molecular weight is 309 g/mol. The number of amides is 1. The number of carbonyl (C=O) groups is 2. The van der Waals surface area contributed by atoms with Gasteiger partial charge in [0, 0.05) is 19.2 Å². The predicted octanol–water partition coefficient (Wildman–Crippen LogP) is 1.05. The molecule has 0 unspecified atom stereocenters. The van der Waals surface area contributed by atoms with Crippen molar-refractivity contribution in [1.29, 1.82) is 0 Å². The van der Waals surface area contributed by atoms with Gasteiger partial charge in [0.15, 0.2) is 0 Å². The third-order valence-electron chi connectivity index (χ3n) is 3.61. The molecule has 7 heteroatoms. The van der Waals surface area contributed by atoms with Gasteiger partial charge in [-0.05, 0) is 40.0 Å². The largest absolute Gasteiger partial charge is 0.459 e. The van der Waals surface area contributed by atoms with Crippen molar-refractivity contribution < 1.29 is 14.3 Å². The van der Waals surface area contributed by atoms with Gasteiger partial charge >= 0.3 is 5.97 Å². The first kappa shape index (κ1) is 16.3. The lowest BCUT2D eigenvalue weighted by Gasteiger charge is -2.37. The van der Waals surface area contributed by atoms with Gasteiger partial charge in [0.2, 0.25) is 0 Å². The van der Waals surface area contributed by atoms with E-state index in [9.17, 15) is 14.4 Å². The van der Waals surface area contributed by atoms with E-state index in [1.54, 1.807) is 27.8 Å². The summed E-state index contributed by atoms with van der Waals surface area (Å²) in [7, 11) is 1.54. The molecule has 1 fully saturated rings. The molecule has 22 heavy (non-hydrogen) atoms. The number of H-pyrrole nitrogens is 1. The van der Waals surface area contributed by atoms with E-state index in [0.29, 0.717) is 0 Å². The summed E-state index contributed by atoms with van der Waals surface area (Å²) in [5.74, 6) is -0.778. The molecule has 0 bridgehead atoms. The zero-order valence-electron chi connectivity index (χ0n) is 13.5. The molecule has 0 aromatic carbocycles. The fraction of sp³-hybridized carbons (Fsp3) is 0.667. The average Bonchev–Trinajstić information content (AvgIpc) is 2.63. The van der Waals surface area contributed by atoms with Crippen molar-refractivity contribution in [2.45, 2.75) is 51.7 Å². The Morgan fingerprint density at radius 1 is 1.41 bits per heavy atom. The predicted molar refractivity (Wildman–Crippen MR) is 80.6 cm³/mol. The number of ether oxygens (including phenoxy) is 1. The number of aryl methyl sites for hydroxylation is 1. The van der Waals surface area contributed by atoms with E-state index in [1.165, 1.54) is 15.6 Å². The number of esters is 1. The molecule has 0 radical (unpaired) electrons. The summed E-state index contributed by atoms with van der Waals surface area (Å²) in [4.78, 5) is 37.6. The van der Waals surface area contributed by atoms with Gasteiger partial charge in [-0.3, -0.25) is 24.2 Å². The lowest BCUT2D eigenvalue weighted by atomic mass is 9.91. The number of aromatic amines is 1. The molecule has 1 heterocycles. The highest BCUT2D eigenvalue weighted by Gasteiger charge is 2.33. The van der Waals surface area contributed by atoms with Crippen molar-refractivity contribution in [2.75, 3.05) is 6.54 Å². The molecule has 1 N–H and O–H groups in total. The van der Waals surface area contributed by atoms with E-state index >= 15 is 0 Å². The summed E-state index contributed by atoms with van der Waals surface area (Å²) in [6.07, 6.45) is 2.77. The molecule has 2 rings (SSSR count). The van der Waals surface area contributed by atoms with Crippen LogP contribution < -0.4 is 5.56 Å². The molecule has 0 aliphatic heterocycles. The quantitative estimate of drug-likeness (QED) is 0.843. The van der Waals surface area contributed by atoms with Gasteiger partial charge < -0.3 is 9.64 Å². The summed E-state index contributed by atoms with van der Waals surface area (Å²) in [5.41, 5.74) is -0.677. The Morgan fingerprint density at radius 3 is 2.45 bits per heavy atom. The maximum atomic E-state index is 12.6. The monoisotopic (exact) mass is 309 g/mol. The van der Waals surface area contributed by atoms with Crippen LogP contribution in [0.3, 0.4) is 0 Å². The summed E-state index contributed by atoms with van der Waals surface area (Å²) >= 11 is 0. The van der Waals surface area contributed by atoms with Crippen molar-refractivity contribution in [3.8, 4) is 0 Å². The second kappa shape index (κ2) is 5.98. The maximum absolute atomic E-state index is 12.6. The Labute approximate surface area is 129 Å². The Morgan fingerprint density at radius 2 is 2.05 bits per heavy atom. The molecule has 1 amide bonds. The first-order chi connectivity index (χ1) is 10.2. The van der Waals surface area contributed by atoms with Crippen LogP contribution in [0.15, 0.2) is 10.9 Å².